The van der Waals surface area contributed by atoms with Gasteiger partial charge < -0.3 is 9.79 Å². The average Bonchev–Trinajstić information content (AvgIpc) is 1.35. The molecule has 0 aromatic heterocycles. The summed E-state index contributed by atoms with van der Waals surface area (Å²) in [5, 5.41) is 0. The van der Waals surface area contributed by atoms with Gasteiger partial charge in [0.05, 0.1) is 0 Å². The minimum atomic E-state index is -3.51. The van der Waals surface area contributed by atoms with E-state index in [0.29, 0.717) is 0 Å². The van der Waals surface area contributed by atoms with Crippen LogP contribution in [0.15, 0.2) is 0 Å². The molecule has 3 nitrogen and oxygen atoms in total. The first kappa shape index (κ1) is 6.37. The van der Waals surface area contributed by atoms with Crippen molar-refractivity contribution in [2.24, 2.45) is 0 Å². The largest absolute Gasteiger partial charge is 0.329 e. The van der Waals surface area contributed by atoms with Crippen LogP contribution in [0.3, 0.4) is 0 Å². The summed E-state index contributed by atoms with van der Waals surface area (Å²) in [6, 6.07) is 0. The van der Waals surface area contributed by atoms with Crippen LogP contribution in [-0.4, -0.2) is 19.0 Å². The molecule has 0 saturated carbocycles. The molecule has 0 rings (SSSR count). The zero-order valence-corrected chi connectivity index (χ0v) is 5.77. The monoisotopic (exact) mass is 126 g/mol. The maximum atomic E-state index is 9.76. The first-order valence-electron chi connectivity index (χ1n) is 1.61. The van der Waals surface area contributed by atoms with Gasteiger partial charge in [0.1, 0.15) is 0 Å². The van der Waals surface area contributed by atoms with E-state index >= 15 is 0 Å². The lowest BCUT2D eigenvalue weighted by molar-refractivity contribution is 0.394. The molecule has 0 aromatic carbocycles. The van der Waals surface area contributed by atoms with Crippen LogP contribution < -0.4 is 0 Å². The lowest BCUT2D eigenvalue weighted by Gasteiger charge is -1.92. The van der Waals surface area contributed by atoms with Gasteiger partial charge in [-0.15, -0.1) is 0 Å². The van der Waals surface area contributed by atoms with E-state index < -0.39 is 16.3 Å². The van der Waals surface area contributed by atoms with Crippen molar-refractivity contribution in [3.8, 4) is 0 Å². The van der Waals surface area contributed by atoms with Crippen molar-refractivity contribution in [2.45, 2.75) is 6.55 Å². The van der Waals surface area contributed by atoms with E-state index in [4.69, 9.17) is 9.79 Å². The molecule has 6 heavy (non-hydrogen) atoms. The standard InChI is InChI=1S/CH7O3PSi/c1-6-5(2,3)4/h6H2,1H3,(H2,2,3,4). The van der Waals surface area contributed by atoms with Crippen LogP contribution >= 0.6 is 7.14 Å². The van der Waals surface area contributed by atoms with Gasteiger partial charge in [-0.25, -0.2) is 0 Å². The van der Waals surface area contributed by atoms with Gasteiger partial charge in [-0.1, -0.05) is 6.55 Å². The molecule has 0 radical (unpaired) electrons. The van der Waals surface area contributed by atoms with Gasteiger partial charge in [-0.05, 0) is 0 Å². The molecular weight excluding hydrogens is 119 g/mol. The molecule has 2 N–H and O–H groups in total. The molecule has 0 aromatic rings. The molecule has 0 aliphatic heterocycles. The second-order valence-electron chi connectivity index (χ2n) is 0.981. The molecule has 0 heterocycles. The highest BCUT2D eigenvalue weighted by molar-refractivity contribution is 7.81. The fourth-order valence-electron chi connectivity index (χ4n) is 0. The lowest BCUT2D eigenvalue weighted by Crippen LogP contribution is -1.81. The van der Waals surface area contributed by atoms with E-state index in [1.54, 1.807) is 6.55 Å². The maximum Gasteiger partial charge on any atom is 0.284 e. The van der Waals surface area contributed by atoms with Crippen LogP contribution in [0.2, 0.25) is 6.55 Å². The number of rotatable bonds is 1. The molecule has 0 atom stereocenters. The van der Waals surface area contributed by atoms with Crippen molar-refractivity contribution < 1.29 is 14.4 Å². The quantitative estimate of drug-likeness (QED) is 0.360. The SMILES string of the molecule is C[SiH2]P(=O)(O)O. The Balaban J connectivity index is 3.48. The molecular formula is CH7O3PSi. The van der Waals surface area contributed by atoms with Crippen molar-refractivity contribution in [1.29, 1.82) is 0 Å². The zero-order valence-electron chi connectivity index (χ0n) is 3.46. The Morgan fingerprint density at radius 2 is 1.83 bits per heavy atom. The maximum absolute atomic E-state index is 9.76. The van der Waals surface area contributed by atoms with Gasteiger partial charge in [0.2, 0.25) is 0 Å². The highest BCUT2D eigenvalue weighted by Gasteiger charge is 2.05. The van der Waals surface area contributed by atoms with Gasteiger partial charge in [0.25, 0.3) is 7.14 Å². The summed E-state index contributed by atoms with van der Waals surface area (Å²) in [5.74, 6) is 0. The van der Waals surface area contributed by atoms with E-state index in [9.17, 15) is 4.57 Å². The zero-order chi connectivity index (χ0) is 5.21. The van der Waals surface area contributed by atoms with E-state index in [1.807, 2.05) is 0 Å². The fraction of sp³-hybridized carbons (Fsp3) is 1.00. The van der Waals surface area contributed by atoms with Crippen LogP contribution in [0.5, 0.6) is 0 Å². The topological polar surface area (TPSA) is 57.5 Å². The van der Waals surface area contributed by atoms with Crippen molar-refractivity contribution >= 4 is 16.3 Å². The Labute approximate surface area is 38.2 Å². The third-order valence-electron chi connectivity index (χ3n) is 0.412. The molecule has 0 bridgehead atoms. The summed E-state index contributed by atoms with van der Waals surface area (Å²) in [7, 11) is -4.59. The van der Waals surface area contributed by atoms with Crippen LogP contribution in [0.25, 0.3) is 0 Å². The van der Waals surface area contributed by atoms with Gasteiger partial charge in [0, 0.05) is 0 Å². The molecule has 0 fully saturated rings. The summed E-state index contributed by atoms with van der Waals surface area (Å²) >= 11 is 0. The van der Waals surface area contributed by atoms with Gasteiger partial charge in [-0.2, -0.15) is 0 Å². The Kier molecular flexibility index (Phi) is 2.00. The summed E-state index contributed by atoms with van der Waals surface area (Å²) in [6.45, 7) is 1.58. The van der Waals surface area contributed by atoms with Gasteiger partial charge in [0.15, 0.2) is 9.19 Å². The highest BCUT2D eigenvalue weighted by atomic mass is 31.4. The predicted molar refractivity (Wildman–Crippen MR) is 26.5 cm³/mol. The Hall–Kier alpha value is 0.367. The number of hydrogen-bond donors (Lipinski definition) is 2. The van der Waals surface area contributed by atoms with Crippen LogP contribution in [0.1, 0.15) is 0 Å². The van der Waals surface area contributed by atoms with Crippen molar-refractivity contribution in [2.75, 3.05) is 0 Å². The first-order valence-corrected chi connectivity index (χ1v) is 6.72. The molecule has 38 valence electrons. The lowest BCUT2D eigenvalue weighted by atomic mass is 11.9. The summed E-state index contributed by atoms with van der Waals surface area (Å²) in [6.07, 6.45) is 0. The Morgan fingerprint density at radius 3 is 1.83 bits per heavy atom. The first-order chi connectivity index (χ1) is 2.56. The van der Waals surface area contributed by atoms with Crippen LogP contribution in [-0.2, 0) is 4.57 Å². The third kappa shape index (κ3) is 4.37. The second kappa shape index (κ2) is 1.89. The van der Waals surface area contributed by atoms with E-state index in [2.05, 4.69) is 0 Å². The smallest absolute Gasteiger partial charge is 0.284 e. The fourth-order valence-corrected chi connectivity index (χ4v) is 0. The minimum absolute atomic E-state index is 1.08. The normalized spacial score (nSPS) is 13.8. The molecule has 0 spiro atoms. The number of hydrogen-bond acceptors (Lipinski definition) is 1. The third-order valence-corrected chi connectivity index (χ3v) is 3.71. The van der Waals surface area contributed by atoms with E-state index in [0.717, 1.165) is 0 Å². The molecule has 0 amide bonds. The van der Waals surface area contributed by atoms with Crippen molar-refractivity contribution in [3.63, 3.8) is 0 Å². The second-order valence-corrected chi connectivity index (χ2v) is 7.31. The Morgan fingerprint density at radius 1 is 1.67 bits per heavy atom. The van der Waals surface area contributed by atoms with Crippen LogP contribution in [0, 0.1) is 0 Å². The molecule has 0 unspecified atom stereocenters. The van der Waals surface area contributed by atoms with E-state index in [1.165, 1.54) is 0 Å². The molecule has 0 aliphatic rings. The minimum Gasteiger partial charge on any atom is -0.329 e. The van der Waals surface area contributed by atoms with Gasteiger partial charge >= 0.3 is 0 Å². The van der Waals surface area contributed by atoms with E-state index in [-0.39, 0.29) is 0 Å². The van der Waals surface area contributed by atoms with Crippen LogP contribution in [0.4, 0.5) is 0 Å². The van der Waals surface area contributed by atoms with Gasteiger partial charge in [-0.3, -0.25) is 4.57 Å². The summed E-state index contributed by atoms with van der Waals surface area (Å²) in [4.78, 5) is 16.0. The summed E-state index contributed by atoms with van der Waals surface area (Å²) < 4.78 is 9.76. The summed E-state index contributed by atoms with van der Waals surface area (Å²) in [5.41, 5.74) is 0. The molecule has 0 saturated heterocycles. The highest BCUT2D eigenvalue weighted by Crippen LogP contribution is 2.30. The van der Waals surface area contributed by atoms with Crippen molar-refractivity contribution in [1.82, 2.24) is 0 Å². The molecule has 0 aliphatic carbocycles. The Bertz CT molecular complexity index is 74.9. The van der Waals surface area contributed by atoms with Crippen molar-refractivity contribution in [3.05, 3.63) is 0 Å². The molecule has 5 heteroatoms. The average molecular weight is 126 g/mol. The predicted octanol–water partition coefficient (Wildman–Crippen LogP) is -0.704.